The molecule has 6 nitrogen and oxygen atoms in total. The summed E-state index contributed by atoms with van der Waals surface area (Å²) >= 11 is 6.06. The Morgan fingerprint density at radius 1 is 1.35 bits per heavy atom. The molecule has 0 aromatic heterocycles. The normalized spacial score (nSPS) is 11.6. The van der Waals surface area contributed by atoms with Crippen molar-refractivity contribution in [1.82, 2.24) is 5.32 Å². The smallest absolute Gasteiger partial charge is 0.305 e. The molecule has 17 heavy (non-hydrogen) atoms. The lowest BCUT2D eigenvalue weighted by Crippen LogP contribution is -2.43. The Morgan fingerprint density at radius 2 is 1.94 bits per heavy atom. The van der Waals surface area contributed by atoms with Crippen LogP contribution in [0.3, 0.4) is 0 Å². The van der Waals surface area contributed by atoms with E-state index in [1.54, 1.807) is 0 Å². The summed E-state index contributed by atoms with van der Waals surface area (Å²) in [5.74, 6) is -2.89. The summed E-state index contributed by atoms with van der Waals surface area (Å²) in [5.41, 5.74) is 0. The fourth-order valence-corrected chi connectivity index (χ4v) is 1.52. The van der Waals surface area contributed by atoms with E-state index in [-0.39, 0.29) is 16.7 Å². The van der Waals surface area contributed by atoms with Gasteiger partial charge < -0.3 is 10.4 Å². The molecule has 0 saturated heterocycles. The van der Waals surface area contributed by atoms with E-state index in [1.165, 1.54) is 6.92 Å². The summed E-state index contributed by atoms with van der Waals surface area (Å²) < 4.78 is 0. The van der Waals surface area contributed by atoms with Crippen LogP contribution in [-0.4, -0.2) is 45.6 Å². The summed E-state index contributed by atoms with van der Waals surface area (Å²) in [4.78, 5) is 43.6. The van der Waals surface area contributed by atoms with Crippen molar-refractivity contribution in [1.29, 1.82) is 0 Å². The molecule has 0 aliphatic heterocycles. The number of halogens is 1. The van der Waals surface area contributed by atoms with Crippen LogP contribution < -0.4 is 5.32 Å². The Balaban J connectivity index is 4.32. The van der Waals surface area contributed by atoms with E-state index in [9.17, 15) is 19.2 Å². The van der Waals surface area contributed by atoms with Gasteiger partial charge in [0.15, 0.2) is 10.9 Å². The van der Waals surface area contributed by atoms with E-state index < -0.39 is 30.1 Å². The summed E-state index contributed by atoms with van der Waals surface area (Å²) in [6, 6.07) is -1.15. The molecular formula is C9H12ClNO5S. The van der Waals surface area contributed by atoms with Crippen LogP contribution in [0.5, 0.6) is 0 Å². The van der Waals surface area contributed by atoms with Crippen molar-refractivity contribution in [2.75, 3.05) is 11.6 Å². The van der Waals surface area contributed by atoms with Crippen molar-refractivity contribution < 1.29 is 24.3 Å². The second kappa shape index (κ2) is 8.08. The number of hydrogen-bond acceptors (Lipinski definition) is 5. The number of Topliss-reactive ketones (excluding diaryl/α,β-unsaturated/α-hetero) is 1. The fraction of sp³-hybridized carbons (Fsp3) is 0.556. The van der Waals surface area contributed by atoms with Gasteiger partial charge in [-0.3, -0.25) is 19.2 Å². The van der Waals surface area contributed by atoms with Crippen LogP contribution in [0, 0.1) is 0 Å². The number of aliphatic carboxylic acids is 1. The Hall–Kier alpha value is -1.08. The lowest BCUT2D eigenvalue weighted by molar-refractivity contribution is -0.139. The predicted molar refractivity (Wildman–Crippen MR) is 63.0 cm³/mol. The number of thioether (sulfide) groups is 1. The first-order valence-corrected chi connectivity index (χ1v) is 6.12. The summed E-state index contributed by atoms with van der Waals surface area (Å²) in [6.45, 7) is 1.30. The minimum Gasteiger partial charge on any atom is -0.481 e. The molecule has 0 spiro atoms. The zero-order valence-corrected chi connectivity index (χ0v) is 10.6. The van der Waals surface area contributed by atoms with Crippen LogP contribution in [-0.2, 0) is 19.2 Å². The minimum atomic E-state index is -1.21. The first kappa shape index (κ1) is 15.9. The molecule has 0 aliphatic rings. The molecule has 0 fully saturated rings. The van der Waals surface area contributed by atoms with Crippen LogP contribution in [0.1, 0.15) is 13.3 Å². The molecule has 0 rings (SSSR count). The number of hydrogen-bond donors (Lipinski definition) is 2. The summed E-state index contributed by atoms with van der Waals surface area (Å²) in [5, 5.41) is 10.5. The topological polar surface area (TPSA) is 101 Å². The van der Waals surface area contributed by atoms with E-state index in [0.717, 1.165) is 11.8 Å². The van der Waals surface area contributed by atoms with Crippen LogP contribution in [0.25, 0.3) is 0 Å². The van der Waals surface area contributed by atoms with E-state index >= 15 is 0 Å². The molecule has 0 heterocycles. The van der Waals surface area contributed by atoms with Gasteiger partial charge in [-0.15, -0.1) is 11.6 Å². The van der Waals surface area contributed by atoms with Gasteiger partial charge in [-0.25, -0.2) is 0 Å². The van der Waals surface area contributed by atoms with Crippen molar-refractivity contribution in [2.24, 2.45) is 0 Å². The lowest BCUT2D eigenvalue weighted by Gasteiger charge is -2.14. The van der Waals surface area contributed by atoms with E-state index in [4.69, 9.17) is 16.7 Å². The maximum atomic E-state index is 11.3. The van der Waals surface area contributed by atoms with E-state index in [0.29, 0.717) is 0 Å². The average molecular weight is 282 g/mol. The van der Waals surface area contributed by atoms with Gasteiger partial charge >= 0.3 is 5.97 Å². The van der Waals surface area contributed by atoms with Crippen LogP contribution in [0.15, 0.2) is 0 Å². The van der Waals surface area contributed by atoms with Gasteiger partial charge in [-0.1, -0.05) is 11.8 Å². The van der Waals surface area contributed by atoms with Gasteiger partial charge in [-0.2, -0.15) is 0 Å². The zero-order chi connectivity index (χ0) is 13.4. The Morgan fingerprint density at radius 3 is 2.35 bits per heavy atom. The van der Waals surface area contributed by atoms with Crippen molar-refractivity contribution in [2.45, 2.75) is 19.4 Å². The molecule has 0 bridgehead atoms. The largest absolute Gasteiger partial charge is 0.481 e. The second-order valence-electron chi connectivity index (χ2n) is 3.10. The fourth-order valence-electron chi connectivity index (χ4n) is 0.916. The summed E-state index contributed by atoms with van der Waals surface area (Å²) in [6.07, 6.45) is -0.526. The molecular weight excluding hydrogens is 270 g/mol. The predicted octanol–water partition coefficient (Wildman–Crippen LogP) is 0.0335. The molecule has 1 unspecified atom stereocenters. The SMILES string of the molecule is CC(=O)SCC(=O)NC(CC(=O)O)C(=O)CCl. The standard InChI is InChI=1S/C9H12ClNO5S/c1-5(12)17-4-8(14)11-6(2-9(15)16)7(13)3-10/h6H,2-4H2,1H3,(H,11,14)(H,15,16). The number of rotatable bonds is 7. The molecule has 2 N–H and O–H groups in total. The number of amides is 1. The Kier molecular flexibility index (Phi) is 7.56. The summed E-state index contributed by atoms with van der Waals surface area (Å²) in [7, 11) is 0. The molecule has 0 saturated carbocycles. The third kappa shape index (κ3) is 7.76. The first-order valence-electron chi connectivity index (χ1n) is 4.60. The zero-order valence-electron chi connectivity index (χ0n) is 9.07. The number of carboxylic acids is 1. The molecule has 1 atom stereocenters. The van der Waals surface area contributed by atoms with Gasteiger partial charge in [0.2, 0.25) is 5.91 Å². The quantitative estimate of drug-likeness (QED) is 0.639. The highest BCUT2D eigenvalue weighted by molar-refractivity contribution is 8.14. The molecule has 1 amide bonds. The van der Waals surface area contributed by atoms with Gasteiger partial charge in [0.1, 0.15) is 0 Å². The lowest BCUT2D eigenvalue weighted by atomic mass is 10.1. The van der Waals surface area contributed by atoms with Crippen LogP contribution in [0.4, 0.5) is 0 Å². The maximum Gasteiger partial charge on any atom is 0.305 e. The molecule has 96 valence electrons. The Bertz CT molecular complexity index is 333. The van der Waals surface area contributed by atoms with Crippen LogP contribution in [0.2, 0.25) is 0 Å². The number of ketones is 1. The molecule has 0 aliphatic carbocycles. The first-order chi connectivity index (χ1) is 7.86. The van der Waals surface area contributed by atoms with Gasteiger partial charge in [0.25, 0.3) is 0 Å². The van der Waals surface area contributed by atoms with Gasteiger partial charge in [0.05, 0.1) is 24.1 Å². The number of carboxylic acid groups (broad SMARTS) is 1. The van der Waals surface area contributed by atoms with Gasteiger partial charge in [0, 0.05) is 6.92 Å². The molecule has 0 aromatic carbocycles. The third-order valence-corrected chi connectivity index (χ3v) is 2.72. The van der Waals surface area contributed by atoms with Crippen LogP contribution >= 0.6 is 23.4 Å². The Labute approximate surface area is 107 Å². The molecule has 8 heteroatoms. The third-order valence-electron chi connectivity index (χ3n) is 1.64. The monoisotopic (exact) mass is 281 g/mol. The number of carbonyl (C=O) groups excluding carboxylic acids is 3. The van der Waals surface area contributed by atoms with Crippen molar-refractivity contribution in [3.63, 3.8) is 0 Å². The highest BCUT2D eigenvalue weighted by atomic mass is 35.5. The van der Waals surface area contributed by atoms with Crippen molar-refractivity contribution in [3.8, 4) is 0 Å². The highest BCUT2D eigenvalue weighted by Gasteiger charge is 2.22. The second-order valence-corrected chi connectivity index (χ2v) is 4.52. The average Bonchev–Trinajstić information content (AvgIpc) is 2.23. The van der Waals surface area contributed by atoms with Crippen molar-refractivity contribution >= 4 is 46.1 Å². The van der Waals surface area contributed by atoms with E-state index in [2.05, 4.69) is 5.32 Å². The van der Waals surface area contributed by atoms with Gasteiger partial charge in [-0.05, 0) is 0 Å². The number of alkyl halides is 1. The number of nitrogens with one attached hydrogen (secondary N) is 1. The van der Waals surface area contributed by atoms with Crippen molar-refractivity contribution in [3.05, 3.63) is 0 Å². The maximum absolute atomic E-state index is 11.3. The minimum absolute atomic E-state index is 0.152. The number of carbonyl (C=O) groups is 4. The molecule has 0 radical (unpaired) electrons. The van der Waals surface area contributed by atoms with E-state index in [1.807, 2.05) is 0 Å². The highest BCUT2D eigenvalue weighted by Crippen LogP contribution is 2.02. The molecule has 0 aromatic rings.